The highest BCUT2D eigenvalue weighted by atomic mass is 16.6. The van der Waals surface area contributed by atoms with Crippen LogP contribution in [0, 0.1) is 0 Å². The van der Waals surface area contributed by atoms with Gasteiger partial charge in [0.1, 0.15) is 18.9 Å². The molecule has 0 amide bonds. The van der Waals surface area contributed by atoms with E-state index in [4.69, 9.17) is 20.1 Å². The normalized spacial score (nSPS) is 14.6. The van der Waals surface area contributed by atoms with Gasteiger partial charge >= 0.3 is 0 Å². The Bertz CT molecular complexity index is 635. The second-order valence-corrected chi connectivity index (χ2v) is 4.45. The van der Waals surface area contributed by atoms with E-state index in [1.807, 2.05) is 18.2 Å². The minimum Gasteiger partial charge on any atom is -0.486 e. The van der Waals surface area contributed by atoms with E-state index in [9.17, 15) is 0 Å². The Hall–Kier alpha value is -2.38. The summed E-state index contributed by atoms with van der Waals surface area (Å²) in [4.78, 5) is 8.45. The average Bonchev–Trinajstić information content (AvgIpc) is 2.56. The van der Waals surface area contributed by atoms with Crippen LogP contribution < -0.4 is 25.5 Å². The summed E-state index contributed by atoms with van der Waals surface area (Å²) in [7, 11) is 1.55. The van der Waals surface area contributed by atoms with Crippen molar-refractivity contribution in [2.24, 2.45) is 5.84 Å². The highest BCUT2D eigenvalue weighted by Crippen LogP contribution is 2.34. The molecule has 1 unspecified atom stereocenters. The van der Waals surface area contributed by atoms with Crippen molar-refractivity contribution in [3.05, 3.63) is 41.9 Å². The number of benzene rings is 1. The van der Waals surface area contributed by atoms with Gasteiger partial charge in [-0.3, -0.25) is 10.8 Å². The molecule has 0 aliphatic carbocycles. The summed E-state index contributed by atoms with van der Waals surface area (Å²) >= 11 is 0. The molecule has 110 valence electrons. The summed E-state index contributed by atoms with van der Waals surface area (Å²) in [6.07, 6.45) is 3.17. The van der Waals surface area contributed by atoms with Crippen LogP contribution in [0.2, 0.25) is 0 Å². The molecule has 1 aromatic carbocycles. The lowest BCUT2D eigenvalue weighted by molar-refractivity contribution is 0.171. The van der Waals surface area contributed by atoms with Gasteiger partial charge in [0.2, 0.25) is 5.88 Å². The van der Waals surface area contributed by atoms with Gasteiger partial charge in [-0.05, 0) is 17.7 Å². The Morgan fingerprint density at radius 3 is 2.71 bits per heavy atom. The summed E-state index contributed by atoms with van der Waals surface area (Å²) in [5.74, 6) is 7.54. The largest absolute Gasteiger partial charge is 0.486 e. The van der Waals surface area contributed by atoms with Crippen molar-refractivity contribution >= 4 is 0 Å². The molecule has 0 saturated carbocycles. The smallest absolute Gasteiger partial charge is 0.237 e. The Kier molecular flexibility index (Phi) is 3.85. The lowest BCUT2D eigenvalue weighted by Gasteiger charge is -2.22. The van der Waals surface area contributed by atoms with Gasteiger partial charge in [-0.15, -0.1) is 0 Å². The van der Waals surface area contributed by atoms with Crippen molar-refractivity contribution in [2.45, 2.75) is 6.04 Å². The molecule has 7 nitrogen and oxygen atoms in total. The van der Waals surface area contributed by atoms with Gasteiger partial charge in [-0.1, -0.05) is 6.07 Å². The number of fused-ring (bicyclic) bond motifs is 1. The van der Waals surface area contributed by atoms with Crippen molar-refractivity contribution in [2.75, 3.05) is 20.3 Å². The van der Waals surface area contributed by atoms with E-state index in [0.29, 0.717) is 30.5 Å². The molecule has 3 N–H and O–H groups in total. The zero-order valence-electron chi connectivity index (χ0n) is 11.6. The number of hydrazine groups is 1. The number of nitrogens with zero attached hydrogens (tertiary/aromatic N) is 2. The summed E-state index contributed by atoms with van der Waals surface area (Å²) < 4.78 is 16.3. The number of methoxy groups -OCH3 is 1. The van der Waals surface area contributed by atoms with Crippen molar-refractivity contribution in [1.82, 2.24) is 15.4 Å². The second kappa shape index (κ2) is 5.94. The van der Waals surface area contributed by atoms with E-state index < -0.39 is 0 Å². The van der Waals surface area contributed by atoms with Gasteiger partial charge in [0.05, 0.1) is 13.2 Å². The highest BCUT2D eigenvalue weighted by molar-refractivity contribution is 5.46. The van der Waals surface area contributed by atoms with Crippen LogP contribution in [0.15, 0.2) is 30.6 Å². The number of nitrogens with one attached hydrogen (secondary N) is 1. The number of hydrogen-bond acceptors (Lipinski definition) is 7. The molecule has 0 saturated heterocycles. The SMILES string of the molecule is COc1nccnc1C(NN)c1ccc2c(c1)OCCO2. The van der Waals surface area contributed by atoms with Gasteiger partial charge in [-0.25, -0.2) is 10.4 Å². The van der Waals surface area contributed by atoms with Crippen LogP contribution in [0.25, 0.3) is 0 Å². The Labute approximate surface area is 122 Å². The fourth-order valence-electron chi connectivity index (χ4n) is 2.26. The monoisotopic (exact) mass is 288 g/mol. The third kappa shape index (κ3) is 2.61. The molecular formula is C14H16N4O3. The van der Waals surface area contributed by atoms with Crippen molar-refractivity contribution < 1.29 is 14.2 Å². The molecule has 1 aliphatic heterocycles. The third-order valence-electron chi connectivity index (χ3n) is 3.22. The minimum absolute atomic E-state index is 0.357. The molecule has 1 aromatic heterocycles. The van der Waals surface area contributed by atoms with Gasteiger partial charge in [0.15, 0.2) is 11.5 Å². The fraction of sp³-hybridized carbons (Fsp3) is 0.286. The van der Waals surface area contributed by atoms with Crippen molar-refractivity contribution in [3.63, 3.8) is 0 Å². The maximum atomic E-state index is 5.69. The second-order valence-electron chi connectivity index (χ2n) is 4.45. The van der Waals surface area contributed by atoms with Crippen LogP contribution in [0.1, 0.15) is 17.3 Å². The average molecular weight is 288 g/mol. The third-order valence-corrected chi connectivity index (χ3v) is 3.22. The molecule has 3 rings (SSSR count). The summed E-state index contributed by atoms with van der Waals surface area (Å²) in [5, 5.41) is 0. The topological polar surface area (TPSA) is 91.5 Å². The van der Waals surface area contributed by atoms with Crippen LogP contribution >= 0.6 is 0 Å². The number of aromatic nitrogens is 2. The summed E-state index contributed by atoms with van der Waals surface area (Å²) in [6.45, 7) is 1.09. The molecule has 2 aromatic rings. The van der Waals surface area contributed by atoms with Gasteiger partial charge in [0.25, 0.3) is 0 Å². The molecule has 2 heterocycles. The zero-order chi connectivity index (χ0) is 14.7. The lowest BCUT2D eigenvalue weighted by atomic mass is 10.0. The number of nitrogens with two attached hydrogens (primary N) is 1. The maximum absolute atomic E-state index is 5.69. The molecule has 1 aliphatic rings. The van der Waals surface area contributed by atoms with E-state index in [2.05, 4.69) is 15.4 Å². The van der Waals surface area contributed by atoms with Crippen LogP contribution in [0.4, 0.5) is 0 Å². The maximum Gasteiger partial charge on any atom is 0.237 e. The van der Waals surface area contributed by atoms with Crippen molar-refractivity contribution in [3.8, 4) is 17.4 Å². The first-order valence-electron chi connectivity index (χ1n) is 6.54. The molecule has 0 spiro atoms. The van der Waals surface area contributed by atoms with Gasteiger partial charge in [-0.2, -0.15) is 0 Å². The van der Waals surface area contributed by atoms with E-state index in [1.54, 1.807) is 19.5 Å². The Morgan fingerprint density at radius 2 is 1.95 bits per heavy atom. The standard InChI is InChI=1S/C14H16N4O3/c1-19-14-13(16-4-5-17-14)12(18-15)9-2-3-10-11(8-9)21-7-6-20-10/h2-5,8,12,18H,6-7,15H2,1H3. The molecule has 7 heteroatoms. The quantitative estimate of drug-likeness (QED) is 0.635. The van der Waals surface area contributed by atoms with E-state index in [0.717, 1.165) is 11.3 Å². The Balaban J connectivity index is 2.00. The number of hydrogen-bond donors (Lipinski definition) is 2. The number of ether oxygens (including phenoxy) is 3. The van der Waals surface area contributed by atoms with E-state index in [-0.39, 0.29) is 6.04 Å². The van der Waals surface area contributed by atoms with E-state index in [1.165, 1.54) is 0 Å². The number of rotatable bonds is 4. The highest BCUT2D eigenvalue weighted by Gasteiger charge is 2.22. The molecule has 1 atom stereocenters. The zero-order valence-corrected chi connectivity index (χ0v) is 11.6. The van der Waals surface area contributed by atoms with Gasteiger partial charge in [0, 0.05) is 12.4 Å². The van der Waals surface area contributed by atoms with Crippen LogP contribution in [-0.4, -0.2) is 30.3 Å². The lowest BCUT2D eigenvalue weighted by Crippen LogP contribution is -2.30. The first-order valence-corrected chi connectivity index (χ1v) is 6.54. The molecule has 21 heavy (non-hydrogen) atoms. The first-order chi connectivity index (χ1) is 10.3. The Morgan fingerprint density at radius 1 is 1.19 bits per heavy atom. The predicted molar refractivity (Wildman–Crippen MR) is 75.2 cm³/mol. The summed E-state index contributed by atoms with van der Waals surface area (Å²) in [5.41, 5.74) is 4.24. The van der Waals surface area contributed by atoms with Crippen LogP contribution in [0.3, 0.4) is 0 Å². The summed E-state index contributed by atoms with van der Waals surface area (Å²) in [6, 6.07) is 5.29. The van der Waals surface area contributed by atoms with Crippen LogP contribution in [-0.2, 0) is 0 Å². The predicted octanol–water partition coefficient (Wildman–Crippen LogP) is 0.809. The first kappa shape index (κ1) is 13.6. The fourth-order valence-corrected chi connectivity index (χ4v) is 2.26. The molecule has 0 fully saturated rings. The minimum atomic E-state index is -0.357. The van der Waals surface area contributed by atoms with Crippen molar-refractivity contribution in [1.29, 1.82) is 0 Å². The molecule has 0 bridgehead atoms. The van der Waals surface area contributed by atoms with Gasteiger partial charge < -0.3 is 14.2 Å². The van der Waals surface area contributed by atoms with Crippen LogP contribution in [0.5, 0.6) is 17.4 Å². The van der Waals surface area contributed by atoms with E-state index >= 15 is 0 Å². The molecular weight excluding hydrogens is 272 g/mol. The molecule has 0 radical (unpaired) electrons.